The molecule has 0 spiro atoms. The quantitative estimate of drug-likeness (QED) is 0.582. The molecule has 1 aromatic heterocycles. The summed E-state index contributed by atoms with van der Waals surface area (Å²) in [5.74, 6) is -2.17. The van der Waals surface area contributed by atoms with Crippen molar-refractivity contribution in [3.8, 4) is 0 Å². The molecule has 0 fully saturated rings. The van der Waals surface area contributed by atoms with Crippen molar-refractivity contribution in [2.24, 2.45) is 5.73 Å². The fourth-order valence-electron chi connectivity index (χ4n) is 3.27. The number of carbonyl (C=O) groups excluding carboxylic acids is 2. The van der Waals surface area contributed by atoms with Crippen LogP contribution in [-0.2, 0) is 15.8 Å². The van der Waals surface area contributed by atoms with Gasteiger partial charge in [-0.05, 0) is 49.7 Å². The highest BCUT2D eigenvalue weighted by molar-refractivity contribution is 6.31. The molecule has 2 aromatic carbocycles. The maximum absolute atomic E-state index is 13.1. The van der Waals surface area contributed by atoms with Gasteiger partial charge in [0.1, 0.15) is 6.04 Å². The van der Waals surface area contributed by atoms with Crippen LogP contribution in [0.1, 0.15) is 36.9 Å². The minimum atomic E-state index is -4.65. The molecule has 0 aliphatic rings. The van der Waals surface area contributed by atoms with E-state index in [1.165, 1.54) is 36.7 Å². The van der Waals surface area contributed by atoms with Crippen molar-refractivity contribution in [2.45, 2.75) is 32.0 Å². The monoisotopic (exact) mass is 465 g/mol. The van der Waals surface area contributed by atoms with Gasteiger partial charge in [0.25, 0.3) is 5.56 Å². The van der Waals surface area contributed by atoms with E-state index in [4.69, 9.17) is 17.3 Å². The Balaban J connectivity index is 1.94. The summed E-state index contributed by atoms with van der Waals surface area (Å²) in [6.45, 7) is 2.95. The number of alkyl halides is 3. The van der Waals surface area contributed by atoms with Gasteiger partial charge in [-0.15, -0.1) is 0 Å². The molecular weight excluding hydrogens is 447 g/mol. The number of rotatable bonds is 5. The molecule has 32 heavy (non-hydrogen) atoms. The Kier molecular flexibility index (Phi) is 6.32. The van der Waals surface area contributed by atoms with Gasteiger partial charge in [-0.2, -0.15) is 13.2 Å². The molecule has 6 nitrogen and oxygen atoms in total. The highest BCUT2D eigenvalue weighted by Gasteiger charge is 2.34. The van der Waals surface area contributed by atoms with Gasteiger partial charge in [-0.3, -0.25) is 14.4 Å². The van der Waals surface area contributed by atoms with Crippen molar-refractivity contribution in [1.29, 1.82) is 0 Å². The highest BCUT2D eigenvalue weighted by atomic mass is 35.5. The molecule has 0 bridgehead atoms. The first-order valence-electron chi connectivity index (χ1n) is 9.52. The Labute approximate surface area is 185 Å². The molecule has 0 saturated carbocycles. The standard InChI is InChI=1S/C22H19ClF3N3O3/c1-11(13-6-7-17(23)16(10-13)22(24,25)26)20(31)28-18-5-3-4-15-14(18)8-9-29(21(15)32)12(2)19(27)30/h3-12H,1-2H3,(H2,27,30)(H,28,31). The van der Waals surface area contributed by atoms with Gasteiger partial charge in [-0.25, -0.2) is 0 Å². The van der Waals surface area contributed by atoms with Gasteiger partial charge < -0.3 is 15.6 Å². The van der Waals surface area contributed by atoms with E-state index in [9.17, 15) is 27.6 Å². The predicted molar refractivity (Wildman–Crippen MR) is 116 cm³/mol. The lowest BCUT2D eigenvalue weighted by atomic mass is 9.97. The zero-order valence-corrected chi connectivity index (χ0v) is 17.8. The van der Waals surface area contributed by atoms with E-state index in [1.807, 2.05) is 0 Å². The maximum atomic E-state index is 13.1. The minimum Gasteiger partial charge on any atom is -0.368 e. The molecule has 2 atom stereocenters. The normalized spacial score (nSPS) is 13.6. The molecule has 10 heteroatoms. The first kappa shape index (κ1) is 23.3. The number of amides is 2. The van der Waals surface area contributed by atoms with Crippen LogP contribution in [-0.4, -0.2) is 16.4 Å². The zero-order valence-electron chi connectivity index (χ0n) is 17.0. The third-order valence-electron chi connectivity index (χ3n) is 5.25. The molecule has 0 aliphatic heterocycles. The van der Waals surface area contributed by atoms with Gasteiger partial charge in [0, 0.05) is 22.7 Å². The number of nitrogens with one attached hydrogen (secondary N) is 1. The number of aromatic nitrogens is 1. The number of pyridine rings is 1. The fraction of sp³-hybridized carbons (Fsp3) is 0.227. The van der Waals surface area contributed by atoms with E-state index in [1.54, 1.807) is 18.2 Å². The van der Waals surface area contributed by atoms with Crippen LogP contribution in [0.4, 0.5) is 18.9 Å². The first-order valence-corrected chi connectivity index (χ1v) is 9.90. The van der Waals surface area contributed by atoms with Crippen LogP contribution in [0.5, 0.6) is 0 Å². The number of anilines is 1. The molecule has 0 aliphatic carbocycles. The molecule has 2 unspecified atom stereocenters. The number of nitrogens with two attached hydrogens (primary N) is 1. The van der Waals surface area contributed by atoms with Gasteiger partial charge in [-0.1, -0.05) is 23.7 Å². The van der Waals surface area contributed by atoms with Crippen molar-refractivity contribution in [3.63, 3.8) is 0 Å². The van der Waals surface area contributed by atoms with Gasteiger partial charge in [0.15, 0.2) is 0 Å². The maximum Gasteiger partial charge on any atom is 0.417 e. The molecule has 3 aromatic rings. The second-order valence-electron chi connectivity index (χ2n) is 7.32. The molecular formula is C22H19ClF3N3O3. The van der Waals surface area contributed by atoms with E-state index in [0.29, 0.717) is 11.1 Å². The van der Waals surface area contributed by atoms with Crippen LogP contribution < -0.4 is 16.6 Å². The Morgan fingerprint density at radius 3 is 2.41 bits per heavy atom. The Morgan fingerprint density at radius 1 is 1.09 bits per heavy atom. The summed E-state index contributed by atoms with van der Waals surface area (Å²) in [5.41, 5.74) is 4.23. The lowest BCUT2D eigenvalue weighted by Gasteiger charge is -2.17. The molecule has 3 rings (SSSR count). The Bertz CT molecular complexity index is 1270. The fourth-order valence-corrected chi connectivity index (χ4v) is 3.49. The average molecular weight is 466 g/mol. The van der Waals surface area contributed by atoms with Crippen molar-refractivity contribution < 1.29 is 22.8 Å². The molecule has 2 amide bonds. The zero-order chi connectivity index (χ0) is 23.8. The SMILES string of the molecule is CC(C(=O)Nc1cccc2c(=O)n(C(C)C(N)=O)ccc12)c1ccc(Cl)c(C(F)(F)F)c1. The molecule has 168 valence electrons. The molecule has 0 radical (unpaired) electrons. The van der Waals surface area contributed by atoms with E-state index in [2.05, 4.69) is 5.32 Å². The third-order valence-corrected chi connectivity index (χ3v) is 5.58. The van der Waals surface area contributed by atoms with Crippen LogP contribution in [0.2, 0.25) is 5.02 Å². The van der Waals surface area contributed by atoms with Crippen LogP contribution in [0.15, 0.2) is 53.5 Å². The second-order valence-corrected chi connectivity index (χ2v) is 7.73. The smallest absolute Gasteiger partial charge is 0.368 e. The number of fused-ring (bicyclic) bond motifs is 1. The topological polar surface area (TPSA) is 94.2 Å². The van der Waals surface area contributed by atoms with Crippen molar-refractivity contribution in [1.82, 2.24) is 4.57 Å². The second kappa shape index (κ2) is 8.66. The number of halogens is 4. The van der Waals surface area contributed by atoms with Gasteiger partial charge in [0.2, 0.25) is 11.8 Å². The van der Waals surface area contributed by atoms with Crippen LogP contribution in [0.25, 0.3) is 10.8 Å². The highest BCUT2D eigenvalue weighted by Crippen LogP contribution is 2.36. The number of nitrogens with zero attached hydrogens (tertiary/aromatic N) is 1. The number of hydrogen-bond donors (Lipinski definition) is 2. The van der Waals surface area contributed by atoms with Crippen LogP contribution in [0, 0.1) is 0 Å². The average Bonchev–Trinajstić information content (AvgIpc) is 2.73. The summed E-state index contributed by atoms with van der Waals surface area (Å²) in [6, 6.07) is 8.65. The van der Waals surface area contributed by atoms with Crippen molar-refractivity contribution in [3.05, 3.63) is 75.2 Å². The lowest BCUT2D eigenvalue weighted by Crippen LogP contribution is -2.31. The summed E-state index contributed by atoms with van der Waals surface area (Å²) in [7, 11) is 0. The Hall–Kier alpha value is -3.33. The number of benzene rings is 2. The summed E-state index contributed by atoms with van der Waals surface area (Å²) >= 11 is 5.65. The minimum absolute atomic E-state index is 0.136. The number of primary amides is 1. The number of carbonyl (C=O) groups is 2. The van der Waals surface area contributed by atoms with Gasteiger partial charge in [0.05, 0.1) is 16.5 Å². The van der Waals surface area contributed by atoms with E-state index in [0.717, 1.165) is 12.1 Å². The van der Waals surface area contributed by atoms with Crippen LogP contribution in [0.3, 0.4) is 0 Å². The van der Waals surface area contributed by atoms with Crippen molar-refractivity contribution in [2.75, 3.05) is 5.32 Å². The largest absolute Gasteiger partial charge is 0.417 e. The van der Waals surface area contributed by atoms with E-state index < -0.39 is 46.1 Å². The predicted octanol–water partition coefficient (Wildman–Crippen LogP) is 4.46. The summed E-state index contributed by atoms with van der Waals surface area (Å²) in [6.07, 6.45) is -3.26. The van der Waals surface area contributed by atoms with E-state index in [-0.39, 0.29) is 10.9 Å². The molecule has 0 saturated heterocycles. The summed E-state index contributed by atoms with van der Waals surface area (Å²) < 4.78 is 40.6. The van der Waals surface area contributed by atoms with Crippen molar-refractivity contribution >= 4 is 39.9 Å². The molecule has 1 heterocycles. The first-order chi connectivity index (χ1) is 14.9. The lowest BCUT2D eigenvalue weighted by molar-refractivity contribution is -0.137. The van der Waals surface area contributed by atoms with Crippen LogP contribution >= 0.6 is 11.6 Å². The van der Waals surface area contributed by atoms with Gasteiger partial charge >= 0.3 is 6.18 Å². The van der Waals surface area contributed by atoms with E-state index >= 15 is 0 Å². The summed E-state index contributed by atoms with van der Waals surface area (Å²) in [5, 5.41) is 2.87. The molecule has 3 N–H and O–H groups in total. The third kappa shape index (κ3) is 4.47. The number of hydrogen-bond acceptors (Lipinski definition) is 3. The Morgan fingerprint density at radius 2 is 1.78 bits per heavy atom. The summed E-state index contributed by atoms with van der Waals surface area (Å²) in [4.78, 5) is 37.0.